The molecular formula is C18H31N5O. The Balaban J connectivity index is 1.84. The molecule has 1 saturated heterocycles. The van der Waals surface area contributed by atoms with Crippen LogP contribution in [0.5, 0.6) is 0 Å². The molecule has 1 amide bonds. The second-order valence-electron chi connectivity index (χ2n) is 7.03. The standard InChI is InChI=1S/C18H31N5O/c1-2-10-23-16-7-6-14(20-9-8-19)13-15(16)17(21-23)18(24)22-11-4-3-5-12-22/h14,20H,2-13,19H2,1H3. The maximum atomic E-state index is 13.0. The van der Waals surface area contributed by atoms with Crippen molar-refractivity contribution in [3.8, 4) is 0 Å². The van der Waals surface area contributed by atoms with Crippen LogP contribution >= 0.6 is 0 Å². The van der Waals surface area contributed by atoms with E-state index in [1.54, 1.807) is 0 Å². The van der Waals surface area contributed by atoms with Crippen molar-refractivity contribution in [3.05, 3.63) is 17.0 Å². The minimum absolute atomic E-state index is 0.139. The number of nitrogens with two attached hydrogens (primary N) is 1. The summed E-state index contributed by atoms with van der Waals surface area (Å²) in [7, 11) is 0. The van der Waals surface area contributed by atoms with E-state index in [2.05, 4.69) is 16.9 Å². The lowest BCUT2D eigenvalue weighted by Gasteiger charge is -2.27. The van der Waals surface area contributed by atoms with Crippen molar-refractivity contribution >= 4 is 5.91 Å². The normalized spacial score (nSPS) is 20.9. The van der Waals surface area contributed by atoms with Crippen LogP contribution in [0.3, 0.4) is 0 Å². The lowest BCUT2D eigenvalue weighted by atomic mass is 9.91. The summed E-state index contributed by atoms with van der Waals surface area (Å²) >= 11 is 0. The zero-order valence-corrected chi connectivity index (χ0v) is 14.9. The molecule has 1 fully saturated rings. The van der Waals surface area contributed by atoms with Crippen molar-refractivity contribution in [2.75, 3.05) is 26.2 Å². The zero-order valence-electron chi connectivity index (χ0n) is 14.9. The van der Waals surface area contributed by atoms with E-state index in [-0.39, 0.29) is 5.91 Å². The highest BCUT2D eigenvalue weighted by Gasteiger charge is 2.31. The lowest BCUT2D eigenvalue weighted by Crippen LogP contribution is -2.39. The number of rotatable bonds is 6. The van der Waals surface area contributed by atoms with E-state index in [0.29, 0.717) is 18.3 Å². The van der Waals surface area contributed by atoms with Gasteiger partial charge in [-0.1, -0.05) is 6.92 Å². The highest BCUT2D eigenvalue weighted by molar-refractivity contribution is 5.94. The Morgan fingerprint density at radius 3 is 2.83 bits per heavy atom. The van der Waals surface area contributed by atoms with Crippen LogP contribution < -0.4 is 11.1 Å². The second-order valence-corrected chi connectivity index (χ2v) is 7.03. The first-order valence-electron chi connectivity index (χ1n) is 9.55. The third kappa shape index (κ3) is 3.64. The number of hydrogen-bond donors (Lipinski definition) is 2. The van der Waals surface area contributed by atoms with E-state index < -0.39 is 0 Å². The first-order valence-corrected chi connectivity index (χ1v) is 9.55. The van der Waals surface area contributed by atoms with Crippen molar-refractivity contribution in [2.24, 2.45) is 5.73 Å². The fraction of sp³-hybridized carbons (Fsp3) is 0.778. The molecule has 1 aromatic heterocycles. The number of nitrogens with one attached hydrogen (secondary N) is 1. The zero-order chi connectivity index (χ0) is 16.9. The Hall–Kier alpha value is -1.40. The highest BCUT2D eigenvalue weighted by atomic mass is 16.2. The van der Waals surface area contributed by atoms with Crippen LogP contribution in [0.1, 0.15) is 60.8 Å². The molecule has 0 radical (unpaired) electrons. The average Bonchev–Trinajstić information content (AvgIpc) is 2.98. The van der Waals surface area contributed by atoms with Gasteiger partial charge in [0.15, 0.2) is 5.69 Å². The molecule has 6 nitrogen and oxygen atoms in total. The van der Waals surface area contributed by atoms with E-state index in [9.17, 15) is 4.79 Å². The van der Waals surface area contributed by atoms with Crippen LogP contribution in [0.4, 0.5) is 0 Å². The first kappa shape index (κ1) is 17.4. The molecule has 3 N–H and O–H groups in total. The average molecular weight is 333 g/mol. The fourth-order valence-corrected chi connectivity index (χ4v) is 3.96. The van der Waals surface area contributed by atoms with E-state index in [4.69, 9.17) is 10.8 Å². The summed E-state index contributed by atoms with van der Waals surface area (Å²) in [5.74, 6) is 0.139. The Morgan fingerprint density at radius 2 is 2.12 bits per heavy atom. The molecule has 1 unspecified atom stereocenters. The third-order valence-corrected chi connectivity index (χ3v) is 5.21. The topological polar surface area (TPSA) is 76.2 Å². The van der Waals surface area contributed by atoms with Crippen LogP contribution in [0.2, 0.25) is 0 Å². The molecule has 6 heteroatoms. The second kappa shape index (κ2) is 8.12. The van der Waals surface area contributed by atoms with Gasteiger partial charge in [0, 0.05) is 50.0 Å². The predicted molar refractivity (Wildman–Crippen MR) is 95.1 cm³/mol. The van der Waals surface area contributed by atoms with Crippen molar-refractivity contribution < 1.29 is 4.79 Å². The van der Waals surface area contributed by atoms with Gasteiger partial charge in [-0.2, -0.15) is 5.10 Å². The minimum atomic E-state index is 0.139. The molecule has 0 saturated carbocycles. The van der Waals surface area contributed by atoms with Crippen LogP contribution in [-0.4, -0.2) is 52.8 Å². The summed E-state index contributed by atoms with van der Waals surface area (Å²) in [5.41, 5.74) is 8.79. The van der Waals surface area contributed by atoms with Crippen LogP contribution in [0.15, 0.2) is 0 Å². The van der Waals surface area contributed by atoms with Crippen LogP contribution in [-0.2, 0) is 19.4 Å². The summed E-state index contributed by atoms with van der Waals surface area (Å²) in [6, 6.07) is 0.410. The predicted octanol–water partition coefficient (Wildman–Crippen LogP) is 1.32. The number of hydrogen-bond acceptors (Lipinski definition) is 4. The monoisotopic (exact) mass is 333 g/mol. The molecule has 2 heterocycles. The Labute approximate surface area is 144 Å². The highest BCUT2D eigenvalue weighted by Crippen LogP contribution is 2.27. The minimum Gasteiger partial charge on any atom is -0.337 e. The van der Waals surface area contributed by atoms with E-state index in [1.807, 2.05) is 4.90 Å². The largest absolute Gasteiger partial charge is 0.337 e. The van der Waals surface area contributed by atoms with Gasteiger partial charge in [0.1, 0.15) is 0 Å². The van der Waals surface area contributed by atoms with Crippen molar-refractivity contribution in [1.82, 2.24) is 20.0 Å². The van der Waals surface area contributed by atoms with E-state index in [1.165, 1.54) is 17.7 Å². The number of likely N-dealkylation sites (tertiary alicyclic amines) is 1. The molecule has 1 atom stereocenters. The van der Waals surface area contributed by atoms with Gasteiger partial charge in [0.25, 0.3) is 5.91 Å². The molecule has 1 aliphatic carbocycles. The first-order chi connectivity index (χ1) is 11.7. The number of nitrogens with zero attached hydrogens (tertiary/aromatic N) is 3. The molecule has 134 valence electrons. The van der Waals surface area contributed by atoms with Gasteiger partial charge in [-0.05, 0) is 44.9 Å². The number of aryl methyl sites for hydroxylation is 1. The number of fused-ring (bicyclic) bond motifs is 1. The van der Waals surface area contributed by atoms with Crippen LogP contribution in [0.25, 0.3) is 0 Å². The molecule has 24 heavy (non-hydrogen) atoms. The quantitative estimate of drug-likeness (QED) is 0.823. The Kier molecular flexibility index (Phi) is 5.89. The molecular weight excluding hydrogens is 302 g/mol. The Bertz CT molecular complexity index is 562. The maximum absolute atomic E-state index is 13.0. The number of carbonyl (C=O) groups is 1. The molecule has 1 aromatic rings. The SMILES string of the molecule is CCCn1nc(C(=O)N2CCCCC2)c2c1CCC(NCCN)C2. The lowest BCUT2D eigenvalue weighted by molar-refractivity contribution is 0.0716. The molecule has 1 aliphatic heterocycles. The smallest absolute Gasteiger partial charge is 0.274 e. The van der Waals surface area contributed by atoms with Crippen molar-refractivity contribution in [2.45, 2.75) is 64.5 Å². The summed E-state index contributed by atoms with van der Waals surface area (Å²) < 4.78 is 2.09. The number of piperidine rings is 1. The summed E-state index contributed by atoms with van der Waals surface area (Å²) in [6.45, 7) is 6.30. The van der Waals surface area contributed by atoms with Gasteiger partial charge in [0.05, 0.1) is 0 Å². The van der Waals surface area contributed by atoms with Gasteiger partial charge < -0.3 is 16.0 Å². The number of carbonyl (C=O) groups excluding carboxylic acids is 1. The molecule has 0 aromatic carbocycles. The van der Waals surface area contributed by atoms with Crippen molar-refractivity contribution in [3.63, 3.8) is 0 Å². The molecule has 3 rings (SSSR count). The van der Waals surface area contributed by atoms with E-state index in [0.717, 1.165) is 64.7 Å². The molecule has 0 bridgehead atoms. The van der Waals surface area contributed by atoms with E-state index >= 15 is 0 Å². The summed E-state index contributed by atoms with van der Waals surface area (Å²) in [4.78, 5) is 15.0. The van der Waals surface area contributed by atoms with Gasteiger partial charge in [0.2, 0.25) is 0 Å². The summed E-state index contributed by atoms with van der Waals surface area (Å²) in [5, 5.41) is 8.26. The van der Waals surface area contributed by atoms with Crippen molar-refractivity contribution in [1.29, 1.82) is 0 Å². The van der Waals surface area contributed by atoms with Gasteiger partial charge in [-0.3, -0.25) is 9.48 Å². The van der Waals surface area contributed by atoms with Gasteiger partial charge >= 0.3 is 0 Å². The maximum Gasteiger partial charge on any atom is 0.274 e. The summed E-state index contributed by atoms with van der Waals surface area (Å²) in [6.07, 6.45) is 7.50. The molecule has 2 aliphatic rings. The number of aromatic nitrogens is 2. The fourth-order valence-electron chi connectivity index (χ4n) is 3.96. The number of amides is 1. The van der Waals surface area contributed by atoms with Gasteiger partial charge in [-0.15, -0.1) is 0 Å². The van der Waals surface area contributed by atoms with Gasteiger partial charge in [-0.25, -0.2) is 0 Å². The van der Waals surface area contributed by atoms with Crippen LogP contribution in [0, 0.1) is 0 Å². The third-order valence-electron chi connectivity index (χ3n) is 5.21. The molecule has 0 spiro atoms. The Morgan fingerprint density at radius 1 is 1.33 bits per heavy atom.